The minimum absolute atomic E-state index is 0.218. The van der Waals surface area contributed by atoms with Crippen molar-refractivity contribution in [1.29, 1.82) is 0 Å². The number of esters is 1. The summed E-state index contributed by atoms with van der Waals surface area (Å²) in [6.07, 6.45) is 1.35. The maximum atomic E-state index is 14.7. The smallest absolute Gasteiger partial charge is 0.364 e. The van der Waals surface area contributed by atoms with Gasteiger partial charge in [0.1, 0.15) is 18.0 Å². The van der Waals surface area contributed by atoms with Crippen LogP contribution in [-0.4, -0.2) is 39.9 Å². The Hall–Kier alpha value is -5.39. The van der Waals surface area contributed by atoms with Crippen molar-refractivity contribution in [2.75, 3.05) is 19.5 Å². The molecule has 0 spiro atoms. The van der Waals surface area contributed by atoms with Crippen molar-refractivity contribution in [3.63, 3.8) is 0 Å². The summed E-state index contributed by atoms with van der Waals surface area (Å²) in [7, 11) is 3.02. The first-order valence-electron chi connectivity index (χ1n) is 11.8. The fourth-order valence-corrected chi connectivity index (χ4v) is 3.94. The zero-order valence-electron chi connectivity index (χ0n) is 21.4. The van der Waals surface area contributed by atoms with E-state index >= 15 is 0 Å². The Kier molecular flexibility index (Phi) is 7.06. The van der Waals surface area contributed by atoms with E-state index in [9.17, 15) is 18.4 Å². The molecule has 5 aromatic rings. The van der Waals surface area contributed by atoms with Crippen LogP contribution in [0.25, 0.3) is 16.6 Å². The zero-order chi connectivity index (χ0) is 28.4. The monoisotopic (exact) mass is 545 g/mol. The van der Waals surface area contributed by atoms with Crippen LogP contribution >= 0.6 is 0 Å². The molecule has 10 nitrogen and oxygen atoms in total. The Balaban J connectivity index is 1.45. The van der Waals surface area contributed by atoms with Crippen molar-refractivity contribution in [3.05, 3.63) is 100 Å². The Morgan fingerprint density at radius 1 is 0.900 bits per heavy atom. The number of nitrogens with one attached hydrogen (secondary N) is 1. The number of benzene rings is 3. The Morgan fingerprint density at radius 2 is 1.62 bits per heavy atom. The Bertz CT molecular complexity index is 1810. The summed E-state index contributed by atoms with van der Waals surface area (Å²) < 4.78 is 45.0. The van der Waals surface area contributed by atoms with Crippen molar-refractivity contribution in [2.45, 2.75) is 6.92 Å². The summed E-state index contributed by atoms with van der Waals surface area (Å²) in [5.74, 6) is -1.33. The van der Waals surface area contributed by atoms with E-state index < -0.39 is 23.2 Å². The van der Waals surface area contributed by atoms with Gasteiger partial charge in [-0.1, -0.05) is 0 Å². The lowest BCUT2D eigenvalue weighted by Gasteiger charge is -2.13. The predicted octanol–water partition coefficient (Wildman–Crippen LogP) is 4.74. The van der Waals surface area contributed by atoms with Gasteiger partial charge in [0, 0.05) is 29.3 Å². The summed E-state index contributed by atoms with van der Waals surface area (Å²) in [6.45, 7) is 1.50. The lowest BCUT2D eigenvalue weighted by molar-refractivity contribution is 0.0718. The summed E-state index contributed by atoms with van der Waals surface area (Å²) in [4.78, 5) is 34.0. The number of carbonyl (C=O) groups excluding carboxylic acids is 1. The molecule has 0 aliphatic carbocycles. The first kappa shape index (κ1) is 26.2. The quantitative estimate of drug-likeness (QED) is 0.229. The number of hydrogen-bond donors (Lipinski definition) is 1. The number of ether oxygens (including phenoxy) is 3. The Morgan fingerprint density at radius 3 is 2.35 bits per heavy atom. The van der Waals surface area contributed by atoms with Crippen molar-refractivity contribution in [3.8, 4) is 22.9 Å². The fraction of sp³-hybridized carbons (Fsp3) is 0.107. The highest BCUT2D eigenvalue weighted by atomic mass is 19.1. The summed E-state index contributed by atoms with van der Waals surface area (Å²) in [5, 5.41) is 7.76. The third-order valence-corrected chi connectivity index (χ3v) is 5.92. The van der Waals surface area contributed by atoms with E-state index in [0.717, 1.165) is 22.9 Å². The number of carbonyl (C=O) groups is 1. The molecule has 5 rings (SSSR count). The van der Waals surface area contributed by atoms with Crippen molar-refractivity contribution in [1.82, 2.24) is 19.7 Å². The highest BCUT2D eigenvalue weighted by Crippen LogP contribution is 2.35. The lowest BCUT2D eigenvalue weighted by atomic mass is 10.2. The SMILES string of the molecule is COc1cc2ncnc(Nc3ccc(F)c(OC(=O)c4nn(-c5ccc(F)cc5)c(=O)cc4C)c3)c2cc1OC. The molecule has 0 unspecified atom stereocenters. The molecule has 40 heavy (non-hydrogen) atoms. The molecular weight excluding hydrogens is 524 g/mol. The summed E-state index contributed by atoms with van der Waals surface area (Å²) in [6, 6.07) is 13.4. The van der Waals surface area contributed by atoms with Crippen molar-refractivity contribution < 1.29 is 27.8 Å². The number of aromatic nitrogens is 4. The highest BCUT2D eigenvalue weighted by Gasteiger charge is 2.20. The second kappa shape index (κ2) is 10.8. The lowest BCUT2D eigenvalue weighted by Crippen LogP contribution is -2.26. The number of anilines is 2. The summed E-state index contributed by atoms with van der Waals surface area (Å²) in [5.41, 5.74) is 0.639. The van der Waals surface area contributed by atoms with Gasteiger partial charge in [0.05, 0.1) is 25.4 Å². The van der Waals surface area contributed by atoms with E-state index in [0.29, 0.717) is 33.9 Å². The molecule has 1 N–H and O–H groups in total. The molecule has 0 saturated heterocycles. The number of methoxy groups -OCH3 is 2. The first-order chi connectivity index (χ1) is 19.3. The molecule has 12 heteroatoms. The minimum Gasteiger partial charge on any atom is -0.493 e. The highest BCUT2D eigenvalue weighted by molar-refractivity contribution is 5.93. The zero-order valence-corrected chi connectivity index (χ0v) is 21.4. The molecule has 0 fully saturated rings. The fourth-order valence-electron chi connectivity index (χ4n) is 3.94. The van der Waals surface area contributed by atoms with E-state index in [1.54, 1.807) is 12.1 Å². The number of rotatable bonds is 7. The van der Waals surface area contributed by atoms with E-state index in [2.05, 4.69) is 20.4 Å². The molecule has 0 atom stereocenters. The number of hydrogen-bond acceptors (Lipinski definition) is 9. The molecule has 0 radical (unpaired) electrons. The topological polar surface area (TPSA) is 117 Å². The number of aryl methyl sites for hydroxylation is 1. The van der Waals surface area contributed by atoms with Crippen LogP contribution in [-0.2, 0) is 0 Å². The molecule has 0 aliphatic rings. The standard InChI is InChI=1S/C28H21F2N5O5/c1-15-10-25(36)35(18-7-4-16(29)5-8-18)34-26(15)28(37)40-22-11-17(6-9-20(22)30)33-27-19-12-23(38-2)24(39-3)13-21(19)31-14-32-27/h4-14H,1-3H3,(H,31,32,33). The molecule has 0 bridgehead atoms. The third kappa shape index (κ3) is 5.14. The number of fused-ring (bicyclic) bond motifs is 1. The average Bonchev–Trinajstić information content (AvgIpc) is 2.95. The van der Waals surface area contributed by atoms with Gasteiger partial charge in [0.2, 0.25) is 0 Å². The normalized spacial score (nSPS) is 10.8. The largest absolute Gasteiger partial charge is 0.493 e. The van der Waals surface area contributed by atoms with Gasteiger partial charge < -0.3 is 19.5 Å². The Labute approximate surface area is 225 Å². The van der Waals surface area contributed by atoms with E-state index in [-0.39, 0.29) is 22.7 Å². The van der Waals surface area contributed by atoms with Crippen LogP contribution in [0.4, 0.5) is 20.3 Å². The van der Waals surface area contributed by atoms with Crippen LogP contribution in [0.5, 0.6) is 17.2 Å². The van der Waals surface area contributed by atoms with Crippen molar-refractivity contribution in [2.24, 2.45) is 0 Å². The predicted molar refractivity (Wildman–Crippen MR) is 142 cm³/mol. The second-order valence-corrected chi connectivity index (χ2v) is 8.51. The molecule has 0 aliphatic heterocycles. The molecule has 3 aromatic carbocycles. The van der Waals surface area contributed by atoms with Crippen LogP contribution in [0, 0.1) is 18.6 Å². The molecule has 202 valence electrons. The number of nitrogens with zero attached hydrogens (tertiary/aromatic N) is 4. The first-order valence-corrected chi connectivity index (χ1v) is 11.8. The van der Waals surface area contributed by atoms with Crippen LogP contribution < -0.4 is 25.1 Å². The van der Waals surface area contributed by atoms with Gasteiger partial charge in [0.25, 0.3) is 5.56 Å². The average molecular weight is 546 g/mol. The second-order valence-electron chi connectivity index (χ2n) is 8.51. The van der Waals surface area contributed by atoms with Gasteiger partial charge in [-0.25, -0.2) is 23.5 Å². The molecule has 0 saturated carbocycles. The van der Waals surface area contributed by atoms with Gasteiger partial charge in [-0.15, -0.1) is 0 Å². The van der Waals surface area contributed by atoms with Gasteiger partial charge in [-0.05, 0) is 55.0 Å². The van der Waals surface area contributed by atoms with Gasteiger partial charge in [-0.3, -0.25) is 4.79 Å². The van der Waals surface area contributed by atoms with Gasteiger partial charge in [-0.2, -0.15) is 9.78 Å². The maximum absolute atomic E-state index is 14.7. The van der Waals surface area contributed by atoms with E-state index in [4.69, 9.17) is 14.2 Å². The number of halogens is 2. The van der Waals surface area contributed by atoms with Crippen LogP contribution in [0.3, 0.4) is 0 Å². The third-order valence-electron chi connectivity index (χ3n) is 5.92. The van der Waals surface area contributed by atoms with Gasteiger partial charge in [0.15, 0.2) is 28.8 Å². The molecule has 2 aromatic heterocycles. The molecule has 0 amide bonds. The molecular formula is C28H21F2N5O5. The van der Waals surface area contributed by atoms with E-state index in [1.165, 1.54) is 57.8 Å². The minimum atomic E-state index is -0.992. The van der Waals surface area contributed by atoms with Crippen molar-refractivity contribution >= 4 is 28.4 Å². The van der Waals surface area contributed by atoms with Crippen LogP contribution in [0.1, 0.15) is 16.1 Å². The molecule has 2 heterocycles. The van der Waals surface area contributed by atoms with Crippen LogP contribution in [0.2, 0.25) is 0 Å². The summed E-state index contributed by atoms with van der Waals surface area (Å²) >= 11 is 0. The maximum Gasteiger partial charge on any atom is 0.364 e. The van der Waals surface area contributed by atoms with E-state index in [1.807, 2.05) is 0 Å². The van der Waals surface area contributed by atoms with Gasteiger partial charge >= 0.3 is 5.97 Å². The van der Waals surface area contributed by atoms with Crippen LogP contribution in [0.15, 0.2) is 71.8 Å².